The second-order valence-corrected chi connectivity index (χ2v) is 8.43. The van der Waals surface area contributed by atoms with E-state index in [1.807, 2.05) is 6.07 Å². The summed E-state index contributed by atoms with van der Waals surface area (Å²) in [4.78, 5) is 70.5. The summed E-state index contributed by atoms with van der Waals surface area (Å²) in [7, 11) is 0. The lowest BCUT2D eigenvalue weighted by atomic mass is 9.95. The van der Waals surface area contributed by atoms with Crippen LogP contribution in [0.15, 0.2) is 48.9 Å². The monoisotopic (exact) mass is 512 g/mol. The van der Waals surface area contributed by atoms with Crippen molar-refractivity contribution in [2.24, 2.45) is 5.73 Å². The number of hydrogen-bond acceptors (Lipinski definition) is 8. The van der Waals surface area contributed by atoms with Crippen molar-refractivity contribution in [3.05, 3.63) is 60.2 Å². The largest absolute Gasteiger partial charge is 0.480 e. The molecule has 5 N–H and O–H groups in total. The Morgan fingerprint density at radius 3 is 2.54 bits per heavy atom. The van der Waals surface area contributed by atoms with E-state index in [0.717, 1.165) is 5.56 Å². The highest BCUT2D eigenvalue weighted by atomic mass is 16.5. The zero-order valence-corrected chi connectivity index (χ0v) is 19.9. The van der Waals surface area contributed by atoms with Gasteiger partial charge in [-0.25, -0.2) is 9.78 Å². The van der Waals surface area contributed by atoms with Crippen molar-refractivity contribution >= 4 is 29.6 Å². The fourth-order valence-electron chi connectivity index (χ4n) is 3.97. The number of nitrogens with two attached hydrogens (primary N) is 1. The molecule has 3 unspecified atom stereocenters. The van der Waals surface area contributed by atoms with Gasteiger partial charge in [0.15, 0.2) is 0 Å². The number of carbonyl (C=O) groups excluding carboxylic acids is 4. The van der Waals surface area contributed by atoms with Crippen molar-refractivity contribution in [2.45, 2.75) is 37.4 Å². The van der Waals surface area contributed by atoms with Gasteiger partial charge in [0.05, 0.1) is 6.20 Å². The summed E-state index contributed by atoms with van der Waals surface area (Å²) in [5, 5.41) is 14.2. The lowest BCUT2D eigenvalue weighted by Crippen LogP contribution is -2.60. The molecule has 2 aromatic rings. The Kier molecular flexibility index (Phi) is 9.61. The molecular weight excluding hydrogens is 484 g/mol. The molecule has 0 bridgehead atoms. The molecule has 0 aliphatic carbocycles. The number of likely N-dealkylation sites (tertiary alicyclic amines) is 1. The minimum absolute atomic E-state index is 0.0410. The van der Waals surface area contributed by atoms with E-state index in [4.69, 9.17) is 15.6 Å². The first kappa shape index (κ1) is 27.2. The predicted octanol–water partition coefficient (Wildman–Crippen LogP) is -1.12. The van der Waals surface area contributed by atoms with Crippen LogP contribution in [-0.2, 0) is 30.3 Å². The molecule has 0 radical (unpaired) electrons. The van der Waals surface area contributed by atoms with Crippen molar-refractivity contribution in [3.8, 4) is 0 Å². The van der Waals surface area contributed by atoms with Crippen molar-refractivity contribution in [1.29, 1.82) is 0 Å². The standard InChI is InChI=1S/C24H28N6O7/c25-22(34)17(10-15-4-2-1-3-5-15)29-24(36)19-11-16(28-23(35)18-12-26-7-8-27-18)6-9-30(19)20(31)13-37-14-21(32)33/h1-5,7-8,12,16-17,19H,6,9-11,13-14H2,(H2,25,34)(H,28,35)(H,29,36)(H,32,33). The average molecular weight is 513 g/mol. The van der Waals surface area contributed by atoms with Gasteiger partial charge < -0.3 is 31.1 Å². The summed E-state index contributed by atoms with van der Waals surface area (Å²) < 4.78 is 4.90. The van der Waals surface area contributed by atoms with Crippen LogP contribution in [0.5, 0.6) is 0 Å². The third-order valence-corrected chi connectivity index (χ3v) is 5.75. The number of carboxylic acid groups (broad SMARTS) is 1. The zero-order chi connectivity index (χ0) is 26.8. The van der Waals surface area contributed by atoms with Gasteiger partial charge in [-0.1, -0.05) is 30.3 Å². The van der Waals surface area contributed by atoms with Gasteiger partial charge in [-0.15, -0.1) is 0 Å². The molecule has 3 rings (SSSR count). The van der Waals surface area contributed by atoms with Gasteiger partial charge >= 0.3 is 5.97 Å². The van der Waals surface area contributed by atoms with Crippen molar-refractivity contribution < 1.29 is 33.8 Å². The zero-order valence-electron chi connectivity index (χ0n) is 19.9. The Morgan fingerprint density at radius 1 is 1.14 bits per heavy atom. The Labute approximate surface area is 212 Å². The molecule has 196 valence electrons. The number of benzene rings is 1. The van der Waals surface area contributed by atoms with Crippen LogP contribution in [0.3, 0.4) is 0 Å². The summed E-state index contributed by atoms with van der Waals surface area (Å²) in [5.74, 6) is -3.70. The molecule has 4 amide bonds. The first-order valence-electron chi connectivity index (χ1n) is 11.5. The molecule has 13 heteroatoms. The average Bonchev–Trinajstić information content (AvgIpc) is 2.89. The van der Waals surface area contributed by atoms with Crippen LogP contribution in [0.4, 0.5) is 0 Å². The maximum atomic E-state index is 13.3. The van der Waals surface area contributed by atoms with Gasteiger partial charge in [0.1, 0.15) is 31.0 Å². The third kappa shape index (κ3) is 8.07. The van der Waals surface area contributed by atoms with E-state index < -0.39 is 60.9 Å². The minimum atomic E-state index is -1.24. The van der Waals surface area contributed by atoms with Crippen LogP contribution in [0, 0.1) is 0 Å². The fourth-order valence-corrected chi connectivity index (χ4v) is 3.97. The number of aromatic nitrogens is 2. The Hall–Kier alpha value is -4.39. The fraction of sp³-hybridized carbons (Fsp3) is 0.375. The number of primary amides is 1. The highest BCUT2D eigenvalue weighted by Gasteiger charge is 2.38. The Bertz CT molecular complexity index is 1120. The van der Waals surface area contributed by atoms with E-state index >= 15 is 0 Å². The van der Waals surface area contributed by atoms with Crippen LogP contribution in [0.1, 0.15) is 28.9 Å². The highest BCUT2D eigenvalue weighted by Crippen LogP contribution is 2.19. The van der Waals surface area contributed by atoms with E-state index in [2.05, 4.69) is 20.6 Å². The number of piperidine rings is 1. The minimum Gasteiger partial charge on any atom is -0.480 e. The summed E-state index contributed by atoms with van der Waals surface area (Å²) in [6, 6.07) is 6.37. The molecule has 1 saturated heterocycles. The normalized spacial score (nSPS) is 17.9. The van der Waals surface area contributed by atoms with Crippen molar-refractivity contribution in [1.82, 2.24) is 25.5 Å². The summed E-state index contributed by atoms with van der Waals surface area (Å²) >= 11 is 0. The molecule has 1 aliphatic rings. The van der Waals surface area contributed by atoms with Gasteiger partial charge in [0, 0.05) is 31.4 Å². The molecule has 3 atom stereocenters. The second kappa shape index (κ2) is 13.1. The quantitative estimate of drug-likeness (QED) is 0.288. The molecule has 0 spiro atoms. The number of aliphatic carboxylic acids is 1. The number of hydrogen-bond donors (Lipinski definition) is 4. The second-order valence-electron chi connectivity index (χ2n) is 8.43. The molecule has 37 heavy (non-hydrogen) atoms. The molecular formula is C24H28N6O7. The van der Waals surface area contributed by atoms with Crippen LogP contribution >= 0.6 is 0 Å². The Balaban J connectivity index is 1.73. The van der Waals surface area contributed by atoms with E-state index in [1.165, 1.54) is 23.5 Å². The molecule has 0 saturated carbocycles. The van der Waals surface area contributed by atoms with Crippen LogP contribution in [0.25, 0.3) is 0 Å². The summed E-state index contributed by atoms with van der Waals surface area (Å²) in [6.07, 6.45) is 4.62. The molecule has 1 aliphatic heterocycles. The lowest BCUT2D eigenvalue weighted by molar-refractivity contribution is -0.150. The number of nitrogens with zero attached hydrogens (tertiary/aromatic N) is 3. The van der Waals surface area contributed by atoms with E-state index in [0.29, 0.717) is 6.42 Å². The number of carboxylic acids is 1. The number of carbonyl (C=O) groups is 5. The summed E-state index contributed by atoms with van der Waals surface area (Å²) in [5.41, 5.74) is 6.40. The van der Waals surface area contributed by atoms with Gasteiger partial charge in [0.2, 0.25) is 17.7 Å². The van der Waals surface area contributed by atoms with Crippen molar-refractivity contribution in [2.75, 3.05) is 19.8 Å². The third-order valence-electron chi connectivity index (χ3n) is 5.75. The predicted molar refractivity (Wildman–Crippen MR) is 128 cm³/mol. The number of amides is 4. The van der Waals surface area contributed by atoms with E-state index in [9.17, 15) is 24.0 Å². The molecule has 1 aromatic carbocycles. The van der Waals surface area contributed by atoms with Gasteiger partial charge in [-0.05, 0) is 18.4 Å². The van der Waals surface area contributed by atoms with Gasteiger partial charge in [-0.3, -0.25) is 24.2 Å². The highest BCUT2D eigenvalue weighted by molar-refractivity contribution is 5.93. The number of ether oxygens (including phenoxy) is 1. The molecule has 1 aromatic heterocycles. The van der Waals surface area contributed by atoms with Gasteiger partial charge in [0.25, 0.3) is 5.91 Å². The van der Waals surface area contributed by atoms with Crippen LogP contribution < -0.4 is 16.4 Å². The molecule has 13 nitrogen and oxygen atoms in total. The van der Waals surface area contributed by atoms with E-state index in [-0.39, 0.29) is 25.1 Å². The SMILES string of the molecule is NC(=O)C(Cc1ccccc1)NC(=O)C1CC(NC(=O)c2cnccn2)CCN1C(=O)COCC(=O)O. The molecule has 2 heterocycles. The number of rotatable bonds is 11. The van der Waals surface area contributed by atoms with Crippen molar-refractivity contribution in [3.63, 3.8) is 0 Å². The summed E-state index contributed by atoms with van der Waals surface area (Å²) in [6.45, 7) is -1.14. The van der Waals surface area contributed by atoms with Crippen LogP contribution in [-0.4, -0.2) is 87.5 Å². The smallest absolute Gasteiger partial charge is 0.329 e. The maximum absolute atomic E-state index is 13.3. The molecule has 1 fully saturated rings. The first-order valence-corrected chi connectivity index (χ1v) is 11.5. The lowest BCUT2D eigenvalue weighted by Gasteiger charge is -2.39. The first-order chi connectivity index (χ1) is 17.7. The van der Waals surface area contributed by atoms with E-state index in [1.54, 1.807) is 24.3 Å². The van der Waals surface area contributed by atoms with Crippen LogP contribution in [0.2, 0.25) is 0 Å². The number of nitrogens with one attached hydrogen (secondary N) is 2. The van der Waals surface area contributed by atoms with Gasteiger partial charge in [-0.2, -0.15) is 0 Å². The topological polar surface area (TPSA) is 194 Å². The Morgan fingerprint density at radius 2 is 1.89 bits per heavy atom. The maximum Gasteiger partial charge on any atom is 0.329 e.